The average Bonchev–Trinajstić information content (AvgIpc) is 3.43. The Morgan fingerprint density at radius 3 is 2.71 bits per heavy atom. The van der Waals surface area contributed by atoms with Crippen LogP contribution in [0.1, 0.15) is 31.2 Å². The molecule has 176 valence electrons. The number of aromatic nitrogens is 1. The predicted octanol–water partition coefficient (Wildman–Crippen LogP) is 4.71. The first-order valence-corrected chi connectivity index (χ1v) is 12.3. The molecule has 2 aromatic heterocycles. The molecule has 1 unspecified atom stereocenters. The number of thiazole rings is 1. The number of rotatable bonds is 5. The van der Waals surface area contributed by atoms with E-state index >= 15 is 0 Å². The molecule has 3 heterocycles. The van der Waals surface area contributed by atoms with Gasteiger partial charge in [0, 0.05) is 16.7 Å². The number of benzene rings is 2. The van der Waals surface area contributed by atoms with Gasteiger partial charge in [-0.2, -0.15) is 0 Å². The van der Waals surface area contributed by atoms with Gasteiger partial charge in [0.05, 0.1) is 28.5 Å². The minimum atomic E-state index is -0.632. The number of hydrogen-bond acceptors (Lipinski definition) is 6. The van der Waals surface area contributed by atoms with Gasteiger partial charge in [0.15, 0.2) is 4.80 Å². The normalized spacial score (nSPS) is 15.6. The second kappa shape index (κ2) is 9.52. The first kappa shape index (κ1) is 23.1. The molecular weight excluding hydrogens is 484 g/mol. The van der Waals surface area contributed by atoms with Crippen molar-refractivity contribution >= 4 is 35.0 Å². The number of hydrogen-bond donors (Lipinski definition) is 0. The van der Waals surface area contributed by atoms with Gasteiger partial charge in [-0.15, -0.1) is 0 Å². The van der Waals surface area contributed by atoms with Crippen molar-refractivity contribution in [3.63, 3.8) is 0 Å². The van der Waals surface area contributed by atoms with Crippen LogP contribution in [0.3, 0.4) is 0 Å². The van der Waals surface area contributed by atoms with Crippen LogP contribution in [0.2, 0.25) is 5.02 Å². The van der Waals surface area contributed by atoms with E-state index in [9.17, 15) is 9.59 Å². The third-order valence-electron chi connectivity index (χ3n) is 5.64. The molecule has 0 saturated carbocycles. The van der Waals surface area contributed by atoms with Gasteiger partial charge in [-0.3, -0.25) is 9.36 Å². The molecule has 2 aromatic carbocycles. The molecule has 0 radical (unpaired) electrons. The number of halogens is 1. The highest BCUT2D eigenvalue weighted by molar-refractivity contribution is 7.07. The summed E-state index contributed by atoms with van der Waals surface area (Å²) in [5, 5.41) is 0.613. The lowest BCUT2D eigenvalue weighted by molar-refractivity contribution is -0.139. The lowest BCUT2D eigenvalue weighted by atomic mass is 9.96. The van der Waals surface area contributed by atoms with Crippen molar-refractivity contribution in [3.05, 3.63) is 114 Å². The summed E-state index contributed by atoms with van der Waals surface area (Å²) in [5.41, 5.74) is 2.29. The second-order valence-electron chi connectivity index (χ2n) is 7.93. The average molecular weight is 505 g/mol. The molecule has 4 aromatic rings. The molecule has 0 N–H and O–H groups in total. The van der Waals surface area contributed by atoms with Crippen molar-refractivity contribution in [2.75, 3.05) is 6.61 Å². The van der Waals surface area contributed by atoms with Crippen molar-refractivity contribution < 1.29 is 13.9 Å². The third-order valence-corrected chi connectivity index (χ3v) is 6.86. The maximum Gasteiger partial charge on any atom is 0.338 e. The Morgan fingerprint density at radius 1 is 1.17 bits per heavy atom. The zero-order chi connectivity index (χ0) is 24.5. The number of fused-ring (bicyclic) bond motifs is 1. The maximum absolute atomic E-state index is 13.6. The summed E-state index contributed by atoms with van der Waals surface area (Å²) in [6.45, 7) is 3.75. The number of carbonyl (C=O) groups excluding carboxylic acids is 1. The van der Waals surface area contributed by atoms with Gasteiger partial charge in [0.2, 0.25) is 0 Å². The maximum atomic E-state index is 13.6. The molecule has 0 amide bonds. The fourth-order valence-corrected chi connectivity index (χ4v) is 5.32. The summed E-state index contributed by atoms with van der Waals surface area (Å²) in [7, 11) is 0. The molecular formula is C27H21ClN2O4S. The van der Waals surface area contributed by atoms with Crippen LogP contribution < -0.4 is 14.9 Å². The molecule has 1 aliphatic rings. The van der Waals surface area contributed by atoms with E-state index in [1.165, 1.54) is 11.3 Å². The molecule has 35 heavy (non-hydrogen) atoms. The SMILES string of the molecule is CCOC(=O)C1=C(C)N=c2s/c(=C/c3ccc(-c4cccc(Cl)c4)o3)c(=O)n2C1c1ccccc1. The van der Waals surface area contributed by atoms with Gasteiger partial charge >= 0.3 is 5.97 Å². The zero-order valence-electron chi connectivity index (χ0n) is 19.0. The standard InChI is InChI=1S/C27H21ClN2O4S/c1-3-33-26(32)23-16(2)29-27-30(24(23)17-8-5-4-6-9-17)25(31)22(35-27)15-20-12-13-21(34-20)18-10-7-11-19(28)14-18/h4-15,24H,3H2,1-2H3/b22-15+. The summed E-state index contributed by atoms with van der Waals surface area (Å²) in [6.07, 6.45) is 1.70. The number of furan rings is 1. The lowest BCUT2D eigenvalue weighted by Crippen LogP contribution is -2.39. The summed E-state index contributed by atoms with van der Waals surface area (Å²) >= 11 is 7.36. The third kappa shape index (κ3) is 4.40. The first-order chi connectivity index (χ1) is 17.0. The van der Waals surface area contributed by atoms with Gasteiger partial charge in [-0.05, 0) is 43.7 Å². The van der Waals surface area contributed by atoms with Crippen LogP contribution in [-0.4, -0.2) is 17.1 Å². The summed E-state index contributed by atoms with van der Waals surface area (Å²) in [4.78, 5) is 31.6. The monoisotopic (exact) mass is 504 g/mol. The quantitative estimate of drug-likeness (QED) is 0.369. The number of esters is 1. The van der Waals surface area contributed by atoms with Crippen molar-refractivity contribution in [3.8, 4) is 11.3 Å². The molecule has 0 bridgehead atoms. The Morgan fingerprint density at radius 2 is 1.97 bits per heavy atom. The number of carbonyl (C=O) groups is 1. The number of nitrogens with zero attached hydrogens (tertiary/aromatic N) is 2. The molecule has 0 fully saturated rings. The molecule has 0 aliphatic carbocycles. The van der Waals surface area contributed by atoms with Gasteiger partial charge in [0.1, 0.15) is 11.5 Å². The van der Waals surface area contributed by atoms with Gasteiger partial charge in [0.25, 0.3) is 5.56 Å². The molecule has 1 aliphatic heterocycles. The summed E-state index contributed by atoms with van der Waals surface area (Å²) in [5.74, 6) is 0.700. The minimum absolute atomic E-state index is 0.231. The Kier molecular flexibility index (Phi) is 6.28. The van der Waals surface area contributed by atoms with E-state index in [1.807, 2.05) is 54.6 Å². The van der Waals surface area contributed by atoms with E-state index in [1.54, 1.807) is 36.6 Å². The molecule has 6 nitrogen and oxygen atoms in total. The Balaban J connectivity index is 1.63. The molecule has 8 heteroatoms. The predicted molar refractivity (Wildman–Crippen MR) is 136 cm³/mol. The van der Waals surface area contributed by atoms with Crippen LogP contribution in [0.4, 0.5) is 0 Å². The zero-order valence-corrected chi connectivity index (χ0v) is 20.6. The molecule has 0 saturated heterocycles. The van der Waals surface area contributed by atoms with Crippen molar-refractivity contribution in [1.82, 2.24) is 4.57 Å². The van der Waals surface area contributed by atoms with E-state index in [2.05, 4.69) is 4.99 Å². The lowest BCUT2D eigenvalue weighted by Gasteiger charge is -2.24. The van der Waals surface area contributed by atoms with Crippen LogP contribution in [0.15, 0.2) is 92.2 Å². The Bertz CT molecular complexity index is 1630. The molecule has 1 atom stereocenters. The highest BCUT2D eigenvalue weighted by Crippen LogP contribution is 2.30. The van der Waals surface area contributed by atoms with Crippen LogP contribution in [-0.2, 0) is 9.53 Å². The largest absolute Gasteiger partial charge is 0.463 e. The van der Waals surface area contributed by atoms with E-state index in [0.717, 1.165) is 11.1 Å². The van der Waals surface area contributed by atoms with Gasteiger partial charge in [-0.1, -0.05) is 65.4 Å². The van der Waals surface area contributed by atoms with Gasteiger partial charge < -0.3 is 9.15 Å². The fourth-order valence-electron chi connectivity index (χ4n) is 4.10. The fraction of sp³-hybridized carbons (Fsp3) is 0.148. The molecule has 0 spiro atoms. The van der Waals surface area contributed by atoms with E-state index in [0.29, 0.717) is 37.1 Å². The van der Waals surface area contributed by atoms with Crippen molar-refractivity contribution in [1.29, 1.82) is 0 Å². The van der Waals surface area contributed by atoms with Crippen LogP contribution in [0.25, 0.3) is 17.4 Å². The van der Waals surface area contributed by atoms with Crippen LogP contribution in [0, 0.1) is 0 Å². The number of allylic oxidation sites excluding steroid dienone is 1. The highest BCUT2D eigenvalue weighted by atomic mass is 35.5. The highest BCUT2D eigenvalue weighted by Gasteiger charge is 2.33. The van der Waals surface area contributed by atoms with Crippen LogP contribution in [0.5, 0.6) is 0 Å². The Hall–Kier alpha value is -3.68. The van der Waals surface area contributed by atoms with Gasteiger partial charge in [-0.25, -0.2) is 9.79 Å². The van der Waals surface area contributed by atoms with E-state index in [4.69, 9.17) is 20.8 Å². The van der Waals surface area contributed by atoms with Crippen molar-refractivity contribution in [2.45, 2.75) is 19.9 Å². The summed E-state index contributed by atoms with van der Waals surface area (Å²) < 4.78 is 13.3. The van der Waals surface area contributed by atoms with E-state index in [-0.39, 0.29) is 12.2 Å². The Labute approximate surface area is 210 Å². The number of ether oxygens (including phenoxy) is 1. The summed E-state index contributed by atoms with van der Waals surface area (Å²) in [6, 6.07) is 19.8. The minimum Gasteiger partial charge on any atom is -0.463 e. The smallest absolute Gasteiger partial charge is 0.338 e. The first-order valence-electron chi connectivity index (χ1n) is 11.1. The molecule has 5 rings (SSSR count). The topological polar surface area (TPSA) is 73.8 Å². The second-order valence-corrected chi connectivity index (χ2v) is 9.37. The van der Waals surface area contributed by atoms with Crippen molar-refractivity contribution in [2.24, 2.45) is 4.99 Å². The van der Waals surface area contributed by atoms with Crippen LogP contribution >= 0.6 is 22.9 Å². The van der Waals surface area contributed by atoms with E-state index < -0.39 is 12.0 Å².